The Morgan fingerprint density at radius 2 is 1.39 bits per heavy atom. The first-order chi connectivity index (χ1) is 13.8. The van der Waals surface area contributed by atoms with E-state index in [0.717, 1.165) is 16.9 Å². The maximum Gasteiger partial charge on any atom is 0.232 e. The zero-order chi connectivity index (χ0) is 18.9. The van der Waals surface area contributed by atoms with Gasteiger partial charge in [-0.15, -0.1) is 0 Å². The van der Waals surface area contributed by atoms with Crippen molar-refractivity contribution in [3.63, 3.8) is 0 Å². The van der Waals surface area contributed by atoms with Crippen LogP contribution in [0.3, 0.4) is 0 Å². The van der Waals surface area contributed by atoms with Crippen LogP contribution >= 0.6 is 0 Å². The number of carbonyl (C=O) groups excluding carboxylic acids is 1. The highest BCUT2D eigenvalue weighted by Crippen LogP contribution is 2.43. The molecule has 0 radical (unpaired) electrons. The number of carbonyl (C=O) groups is 1. The average Bonchev–Trinajstić information content (AvgIpc) is 2.75. The molecule has 0 fully saturated rings. The van der Waals surface area contributed by atoms with Crippen LogP contribution in [0.2, 0.25) is 0 Å². The molecule has 1 amide bonds. The van der Waals surface area contributed by atoms with E-state index in [1.165, 1.54) is 0 Å². The monoisotopic (exact) mass is 373 g/mol. The van der Waals surface area contributed by atoms with Crippen LogP contribution in [-0.2, 0) is 4.79 Å². The lowest BCUT2D eigenvalue weighted by Crippen LogP contribution is -2.42. The van der Waals surface area contributed by atoms with Crippen LogP contribution < -0.4 is 19.5 Å². The molecule has 0 saturated heterocycles. The molecule has 0 unspecified atom stereocenters. The number of amides is 1. The van der Waals surface area contributed by atoms with Gasteiger partial charge >= 0.3 is 0 Å². The molecule has 0 saturated carbocycles. The largest absolute Gasteiger partial charge is 0.486 e. The first kappa shape index (κ1) is 16.7. The van der Waals surface area contributed by atoms with Gasteiger partial charge in [0.15, 0.2) is 11.5 Å². The molecule has 1 N–H and O–H groups in total. The number of fused-ring (bicyclic) bond motifs is 3. The molecular weight excluding hydrogens is 354 g/mol. The van der Waals surface area contributed by atoms with Crippen LogP contribution in [-0.4, -0.2) is 25.2 Å². The fourth-order valence-electron chi connectivity index (χ4n) is 3.67. The van der Waals surface area contributed by atoms with Crippen molar-refractivity contribution in [3.8, 4) is 23.0 Å². The SMILES string of the molecule is O=C(NC[C@@H]1COc2ccccc2O1)C1c2ccccc2Oc2ccccc21. The van der Waals surface area contributed by atoms with E-state index in [-0.39, 0.29) is 12.0 Å². The second-order valence-corrected chi connectivity index (χ2v) is 6.85. The number of hydrogen-bond donors (Lipinski definition) is 1. The molecule has 1 atom stereocenters. The van der Waals surface area contributed by atoms with Crippen LogP contribution in [0.15, 0.2) is 72.8 Å². The van der Waals surface area contributed by atoms with Gasteiger partial charge in [-0.3, -0.25) is 4.79 Å². The van der Waals surface area contributed by atoms with E-state index >= 15 is 0 Å². The van der Waals surface area contributed by atoms with Crippen molar-refractivity contribution < 1.29 is 19.0 Å². The fraction of sp³-hybridized carbons (Fsp3) is 0.174. The summed E-state index contributed by atoms with van der Waals surface area (Å²) in [6.45, 7) is 0.771. The third-order valence-corrected chi connectivity index (χ3v) is 5.01. The lowest BCUT2D eigenvalue weighted by atomic mass is 9.87. The number of nitrogens with one attached hydrogen (secondary N) is 1. The summed E-state index contributed by atoms with van der Waals surface area (Å²) >= 11 is 0. The summed E-state index contributed by atoms with van der Waals surface area (Å²) in [7, 11) is 0. The van der Waals surface area contributed by atoms with E-state index in [2.05, 4.69) is 5.32 Å². The van der Waals surface area contributed by atoms with Gasteiger partial charge in [0, 0.05) is 11.1 Å². The molecule has 3 aromatic carbocycles. The zero-order valence-electron chi connectivity index (χ0n) is 15.1. The second kappa shape index (κ2) is 6.93. The van der Waals surface area contributed by atoms with Crippen molar-refractivity contribution >= 4 is 5.91 Å². The maximum absolute atomic E-state index is 13.1. The molecule has 2 aliphatic heterocycles. The Morgan fingerprint density at radius 1 is 0.821 bits per heavy atom. The Bertz CT molecular complexity index is 987. The van der Waals surface area contributed by atoms with Gasteiger partial charge < -0.3 is 19.5 Å². The topological polar surface area (TPSA) is 56.8 Å². The van der Waals surface area contributed by atoms with Gasteiger partial charge in [-0.25, -0.2) is 0 Å². The highest BCUT2D eigenvalue weighted by molar-refractivity contribution is 5.89. The second-order valence-electron chi connectivity index (χ2n) is 6.85. The molecule has 140 valence electrons. The third kappa shape index (κ3) is 2.95. The molecule has 28 heavy (non-hydrogen) atoms. The summed E-state index contributed by atoms with van der Waals surface area (Å²) in [4.78, 5) is 13.1. The van der Waals surface area contributed by atoms with Crippen LogP contribution in [0.25, 0.3) is 0 Å². The van der Waals surface area contributed by atoms with Gasteiger partial charge in [-0.2, -0.15) is 0 Å². The third-order valence-electron chi connectivity index (χ3n) is 5.01. The van der Waals surface area contributed by atoms with Gasteiger partial charge in [0.05, 0.1) is 12.5 Å². The normalized spacial score (nSPS) is 17.1. The fourth-order valence-corrected chi connectivity index (χ4v) is 3.67. The first-order valence-electron chi connectivity index (χ1n) is 9.31. The van der Waals surface area contributed by atoms with Crippen LogP contribution in [0, 0.1) is 0 Å². The minimum absolute atomic E-state index is 0.0781. The molecule has 3 aromatic rings. The van der Waals surface area contributed by atoms with Crippen molar-refractivity contribution in [2.45, 2.75) is 12.0 Å². The Labute approximate surface area is 162 Å². The lowest BCUT2D eigenvalue weighted by Gasteiger charge is -2.29. The lowest BCUT2D eigenvalue weighted by molar-refractivity contribution is -0.122. The van der Waals surface area contributed by atoms with Crippen molar-refractivity contribution in [1.82, 2.24) is 5.32 Å². The van der Waals surface area contributed by atoms with E-state index in [0.29, 0.717) is 30.4 Å². The van der Waals surface area contributed by atoms with Crippen LogP contribution in [0.1, 0.15) is 17.0 Å². The summed E-state index contributed by atoms with van der Waals surface area (Å²) in [6.07, 6.45) is -0.232. The summed E-state index contributed by atoms with van der Waals surface area (Å²) < 4.78 is 17.6. The summed E-state index contributed by atoms with van der Waals surface area (Å²) in [5.74, 6) is 2.37. The van der Waals surface area contributed by atoms with Crippen molar-refractivity contribution in [2.24, 2.45) is 0 Å². The van der Waals surface area contributed by atoms with Crippen molar-refractivity contribution in [3.05, 3.63) is 83.9 Å². The van der Waals surface area contributed by atoms with E-state index in [9.17, 15) is 4.79 Å². The highest BCUT2D eigenvalue weighted by Gasteiger charge is 2.33. The quantitative estimate of drug-likeness (QED) is 0.757. The van der Waals surface area contributed by atoms with E-state index in [4.69, 9.17) is 14.2 Å². The molecule has 0 aromatic heterocycles. The molecule has 5 rings (SSSR count). The smallest absolute Gasteiger partial charge is 0.232 e. The number of hydrogen-bond acceptors (Lipinski definition) is 4. The number of ether oxygens (including phenoxy) is 3. The predicted octanol–water partition coefficient (Wildman–Crippen LogP) is 3.88. The predicted molar refractivity (Wildman–Crippen MR) is 104 cm³/mol. The number of rotatable bonds is 3. The molecule has 5 heteroatoms. The van der Waals surface area contributed by atoms with Crippen molar-refractivity contribution in [2.75, 3.05) is 13.2 Å². The van der Waals surface area contributed by atoms with E-state index in [1.807, 2.05) is 72.8 Å². The Morgan fingerprint density at radius 3 is 2.07 bits per heavy atom. The minimum atomic E-state index is -0.419. The number of para-hydroxylation sites is 4. The molecule has 2 aliphatic rings. The maximum atomic E-state index is 13.1. The summed E-state index contributed by atoms with van der Waals surface area (Å²) in [6, 6.07) is 22.9. The standard InChI is InChI=1S/C23H19NO4/c25-23(24-13-15-14-26-20-11-5-6-12-21(20)27-15)22-16-7-1-3-9-18(16)28-19-10-4-2-8-17(19)22/h1-12,15,22H,13-14H2,(H,24,25)/t15-/m1/s1. The Hall–Kier alpha value is -3.47. The Kier molecular flexibility index (Phi) is 4.13. The molecule has 0 spiro atoms. The summed E-state index contributed by atoms with van der Waals surface area (Å²) in [5.41, 5.74) is 1.73. The van der Waals surface area contributed by atoms with Crippen LogP contribution in [0.4, 0.5) is 0 Å². The van der Waals surface area contributed by atoms with Gasteiger partial charge in [0.1, 0.15) is 24.2 Å². The average molecular weight is 373 g/mol. The minimum Gasteiger partial charge on any atom is -0.486 e. The first-order valence-corrected chi connectivity index (χ1v) is 9.31. The Balaban J connectivity index is 1.35. The highest BCUT2D eigenvalue weighted by atomic mass is 16.6. The van der Waals surface area contributed by atoms with Gasteiger partial charge in [0.2, 0.25) is 5.91 Å². The van der Waals surface area contributed by atoms with E-state index in [1.54, 1.807) is 0 Å². The summed E-state index contributed by atoms with van der Waals surface area (Å²) in [5, 5.41) is 3.04. The van der Waals surface area contributed by atoms with Crippen molar-refractivity contribution in [1.29, 1.82) is 0 Å². The number of benzene rings is 3. The molecule has 0 aliphatic carbocycles. The molecular formula is C23H19NO4. The molecule has 2 heterocycles. The molecule has 0 bridgehead atoms. The zero-order valence-corrected chi connectivity index (χ0v) is 15.1. The van der Waals surface area contributed by atoms with Gasteiger partial charge in [-0.05, 0) is 24.3 Å². The molecule has 5 nitrogen and oxygen atoms in total. The van der Waals surface area contributed by atoms with Gasteiger partial charge in [0.25, 0.3) is 0 Å². The van der Waals surface area contributed by atoms with Gasteiger partial charge in [-0.1, -0.05) is 48.5 Å². The van der Waals surface area contributed by atoms with E-state index < -0.39 is 5.92 Å². The van der Waals surface area contributed by atoms with Crippen LogP contribution in [0.5, 0.6) is 23.0 Å².